The van der Waals surface area contributed by atoms with E-state index in [1.165, 1.54) is 5.56 Å². The van der Waals surface area contributed by atoms with Crippen molar-refractivity contribution in [2.24, 2.45) is 0 Å². The zero-order valence-electron chi connectivity index (χ0n) is 18.0. The predicted octanol–water partition coefficient (Wildman–Crippen LogP) is 6.29. The highest BCUT2D eigenvalue weighted by molar-refractivity contribution is 6.09. The predicted molar refractivity (Wildman–Crippen MR) is 123 cm³/mol. The zero-order valence-corrected chi connectivity index (χ0v) is 18.0. The monoisotopic (exact) mass is 415 g/mol. The van der Waals surface area contributed by atoms with Gasteiger partial charge < -0.3 is 20.7 Å². The van der Waals surface area contributed by atoms with Gasteiger partial charge in [0.05, 0.1) is 11.3 Å². The normalized spacial score (nSPS) is 12.6. The van der Waals surface area contributed by atoms with Gasteiger partial charge in [0, 0.05) is 11.4 Å². The zero-order chi connectivity index (χ0) is 22.2. The number of fused-ring (bicyclic) bond motifs is 2. The largest absolute Gasteiger partial charge is 0.454 e. The number of nitrogens with one attached hydrogen (secondary N) is 3. The first-order valence-corrected chi connectivity index (χ1v) is 10.1. The first-order chi connectivity index (χ1) is 14.7. The van der Waals surface area contributed by atoms with Crippen LogP contribution in [-0.2, 0) is 5.41 Å². The van der Waals surface area contributed by atoms with Gasteiger partial charge in [-0.15, -0.1) is 0 Å². The van der Waals surface area contributed by atoms with E-state index in [-0.39, 0.29) is 11.3 Å². The number of hydrogen-bond donors (Lipinski definition) is 3. The number of hydrogen-bond acceptors (Lipinski definition) is 3. The molecule has 3 aromatic rings. The van der Waals surface area contributed by atoms with Crippen molar-refractivity contribution in [2.45, 2.75) is 33.1 Å². The summed E-state index contributed by atoms with van der Waals surface area (Å²) in [4.78, 5) is 25.1. The minimum atomic E-state index is -0.391. The van der Waals surface area contributed by atoms with Crippen LogP contribution in [0.15, 0.2) is 60.7 Å². The van der Waals surface area contributed by atoms with Gasteiger partial charge in [0.2, 0.25) is 0 Å². The van der Waals surface area contributed by atoms with Gasteiger partial charge in [0.25, 0.3) is 5.91 Å². The quantitative estimate of drug-likeness (QED) is 0.460. The number of carbonyl (C=O) groups excluding carboxylic acids is 2. The number of urea groups is 1. The van der Waals surface area contributed by atoms with Crippen molar-refractivity contribution in [1.29, 1.82) is 0 Å². The molecule has 158 valence electrons. The molecule has 0 unspecified atom stereocenters. The number of rotatable bonds is 2. The molecule has 0 saturated heterocycles. The fraction of sp³-hybridized carbons (Fsp3) is 0.200. The smallest absolute Gasteiger partial charge is 0.323 e. The molecule has 0 bridgehead atoms. The van der Waals surface area contributed by atoms with E-state index in [9.17, 15) is 9.59 Å². The maximum Gasteiger partial charge on any atom is 0.323 e. The fourth-order valence-corrected chi connectivity index (χ4v) is 3.36. The molecule has 1 aliphatic heterocycles. The molecule has 0 saturated carbocycles. The first kappa shape index (κ1) is 20.5. The molecule has 0 radical (unpaired) electrons. The minimum Gasteiger partial charge on any atom is -0.454 e. The highest BCUT2D eigenvalue weighted by Gasteiger charge is 2.21. The standard InChI is InChI=1S/C25H25N3O3/c1-15-5-11-22-20(13-15)28-23(29)19-14-18(10-12-21(19)31-22)27-24(30)26-17-8-6-16(7-9-17)25(2,3)4/h5-14H,1-4H3,(H,28,29)(H2,26,27,30). The molecule has 1 aliphatic rings. The molecular weight excluding hydrogens is 390 g/mol. The van der Waals surface area contributed by atoms with Crippen LogP contribution >= 0.6 is 0 Å². The summed E-state index contributed by atoms with van der Waals surface area (Å²) >= 11 is 0. The van der Waals surface area contributed by atoms with Crippen LogP contribution in [0.1, 0.15) is 42.3 Å². The summed E-state index contributed by atoms with van der Waals surface area (Å²) in [5, 5.41) is 8.45. The average Bonchev–Trinajstić information content (AvgIpc) is 2.83. The van der Waals surface area contributed by atoms with Crippen molar-refractivity contribution in [3.63, 3.8) is 0 Å². The molecule has 0 spiro atoms. The number of amides is 3. The summed E-state index contributed by atoms with van der Waals surface area (Å²) < 4.78 is 5.91. The van der Waals surface area contributed by atoms with Crippen molar-refractivity contribution in [3.8, 4) is 11.5 Å². The van der Waals surface area contributed by atoms with E-state index in [0.29, 0.717) is 34.1 Å². The summed E-state index contributed by atoms with van der Waals surface area (Å²) in [6.07, 6.45) is 0. The van der Waals surface area contributed by atoms with Gasteiger partial charge in [-0.2, -0.15) is 0 Å². The highest BCUT2D eigenvalue weighted by atomic mass is 16.5. The molecule has 3 N–H and O–H groups in total. The Hall–Kier alpha value is -3.80. The van der Waals surface area contributed by atoms with E-state index < -0.39 is 6.03 Å². The molecule has 31 heavy (non-hydrogen) atoms. The second kappa shape index (κ2) is 7.80. The molecule has 6 nitrogen and oxygen atoms in total. The van der Waals surface area contributed by atoms with Crippen LogP contribution in [0, 0.1) is 6.92 Å². The Kier molecular flexibility index (Phi) is 5.15. The van der Waals surface area contributed by atoms with Crippen LogP contribution in [0.2, 0.25) is 0 Å². The number of carbonyl (C=O) groups is 2. The van der Waals surface area contributed by atoms with Gasteiger partial charge in [-0.1, -0.05) is 39.0 Å². The molecular formula is C25H25N3O3. The lowest BCUT2D eigenvalue weighted by Gasteiger charge is -2.19. The van der Waals surface area contributed by atoms with Crippen molar-refractivity contribution in [1.82, 2.24) is 0 Å². The number of aryl methyl sites for hydroxylation is 1. The van der Waals surface area contributed by atoms with Crippen molar-refractivity contribution in [3.05, 3.63) is 77.4 Å². The summed E-state index contributed by atoms with van der Waals surface area (Å²) in [5.41, 5.74) is 4.39. The molecule has 1 heterocycles. The van der Waals surface area contributed by atoms with Crippen molar-refractivity contribution >= 4 is 29.0 Å². The van der Waals surface area contributed by atoms with Crippen molar-refractivity contribution < 1.29 is 14.3 Å². The van der Waals surface area contributed by atoms with Crippen molar-refractivity contribution in [2.75, 3.05) is 16.0 Å². The van der Waals surface area contributed by atoms with Gasteiger partial charge in [-0.3, -0.25) is 4.79 Å². The van der Waals surface area contributed by atoms with Crippen LogP contribution in [0.25, 0.3) is 0 Å². The van der Waals surface area contributed by atoms with E-state index in [4.69, 9.17) is 4.74 Å². The summed E-state index contributed by atoms with van der Waals surface area (Å²) in [6.45, 7) is 8.36. The average molecular weight is 415 g/mol. The second-order valence-corrected chi connectivity index (χ2v) is 8.67. The Morgan fingerprint density at radius 1 is 0.871 bits per heavy atom. The number of ether oxygens (including phenoxy) is 1. The van der Waals surface area contributed by atoms with Crippen LogP contribution in [0.5, 0.6) is 11.5 Å². The molecule has 0 aromatic heterocycles. The molecule has 6 heteroatoms. The summed E-state index contributed by atoms with van der Waals surface area (Å²) in [7, 11) is 0. The highest BCUT2D eigenvalue weighted by Crippen LogP contribution is 2.37. The van der Waals surface area contributed by atoms with Gasteiger partial charge in [-0.05, 0) is 65.9 Å². The SMILES string of the molecule is Cc1ccc2c(c1)NC(=O)c1cc(NC(=O)Nc3ccc(C(C)(C)C)cc3)ccc1O2. The van der Waals surface area contributed by atoms with Gasteiger partial charge >= 0.3 is 6.03 Å². The Labute approximate surface area is 181 Å². The van der Waals surface area contributed by atoms with Gasteiger partial charge in [-0.25, -0.2) is 4.79 Å². The minimum absolute atomic E-state index is 0.0453. The Morgan fingerprint density at radius 2 is 1.52 bits per heavy atom. The topological polar surface area (TPSA) is 79.5 Å². The Morgan fingerprint density at radius 3 is 2.23 bits per heavy atom. The van der Waals surface area contributed by atoms with Crippen LogP contribution in [0.4, 0.5) is 21.9 Å². The molecule has 3 aromatic carbocycles. The summed E-state index contributed by atoms with van der Waals surface area (Å²) in [6, 6.07) is 17.9. The molecule has 0 aliphatic carbocycles. The summed E-state index contributed by atoms with van der Waals surface area (Å²) in [5.74, 6) is 0.722. The van der Waals surface area contributed by atoms with Crippen LogP contribution < -0.4 is 20.7 Å². The number of anilines is 3. The first-order valence-electron chi connectivity index (χ1n) is 10.1. The lowest BCUT2D eigenvalue weighted by atomic mass is 9.87. The van der Waals surface area contributed by atoms with Gasteiger partial charge in [0.15, 0.2) is 5.75 Å². The lowest BCUT2D eigenvalue weighted by molar-refractivity contribution is 0.102. The van der Waals surface area contributed by atoms with E-state index in [2.05, 4.69) is 36.7 Å². The van der Waals surface area contributed by atoms with E-state index >= 15 is 0 Å². The van der Waals surface area contributed by atoms with E-state index in [0.717, 1.165) is 5.56 Å². The fourth-order valence-electron chi connectivity index (χ4n) is 3.36. The Bertz CT molecular complexity index is 1160. The third kappa shape index (κ3) is 4.53. The van der Waals surface area contributed by atoms with Crippen LogP contribution in [-0.4, -0.2) is 11.9 Å². The maximum absolute atomic E-state index is 12.7. The molecule has 0 atom stereocenters. The van der Waals surface area contributed by atoms with E-state index in [1.54, 1.807) is 18.2 Å². The Balaban J connectivity index is 1.48. The van der Waals surface area contributed by atoms with Crippen LogP contribution in [0.3, 0.4) is 0 Å². The third-order valence-electron chi connectivity index (χ3n) is 5.09. The number of benzene rings is 3. The molecule has 0 fully saturated rings. The molecule has 4 rings (SSSR count). The third-order valence-corrected chi connectivity index (χ3v) is 5.09. The lowest BCUT2D eigenvalue weighted by Crippen LogP contribution is -2.20. The second-order valence-electron chi connectivity index (χ2n) is 8.67. The molecule has 3 amide bonds. The van der Waals surface area contributed by atoms with E-state index in [1.807, 2.05) is 49.4 Å². The maximum atomic E-state index is 12.7. The van der Waals surface area contributed by atoms with Gasteiger partial charge in [0.1, 0.15) is 5.75 Å².